The van der Waals surface area contributed by atoms with Crippen molar-refractivity contribution in [2.45, 2.75) is 58.9 Å². The minimum absolute atomic E-state index is 0.319. The van der Waals surface area contributed by atoms with E-state index in [0.29, 0.717) is 16.7 Å². The van der Waals surface area contributed by atoms with Gasteiger partial charge >= 0.3 is 5.97 Å². The fraction of sp³-hybridized carbons (Fsp3) is 0.647. The Morgan fingerprint density at radius 2 is 1.96 bits per heavy atom. The van der Waals surface area contributed by atoms with Gasteiger partial charge < -0.3 is 15.4 Å². The van der Waals surface area contributed by atoms with Crippen molar-refractivity contribution >= 4 is 39.6 Å². The van der Waals surface area contributed by atoms with E-state index in [4.69, 9.17) is 17.0 Å². The molecule has 0 saturated heterocycles. The van der Waals surface area contributed by atoms with E-state index in [1.54, 1.807) is 0 Å². The van der Waals surface area contributed by atoms with E-state index in [1.165, 1.54) is 37.7 Å². The Morgan fingerprint density at radius 3 is 2.52 bits per heavy atom. The lowest BCUT2D eigenvalue weighted by Crippen LogP contribution is -2.40. The van der Waals surface area contributed by atoms with Crippen LogP contribution in [0.5, 0.6) is 0 Å². The van der Waals surface area contributed by atoms with E-state index in [9.17, 15) is 4.79 Å². The van der Waals surface area contributed by atoms with Gasteiger partial charge in [-0.05, 0) is 63.2 Å². The largest absolute Gasteiger partial charge is 0.465 e. The van der Waals surface area contributed by atoms with E-state index in [0.717, 1.165) is 34.2 Å². The number of esters is 1. The highest BCUT2D eigenvalue weighted by molar-refractivity contribution is 7.80. The molecule has 6 heteroatoms. The van der Waals surface area contributed by atoms with E-state index < -0.39 is 0 Å². The molecule has 1 aromatic rings. The third-order valence-electron chi connectivity index (χ3n) is 4.76. The van der Waals surface area contributed by atoms with E-state index in [-0.39, 0.29) is 5.97 Å². The fourth-order valence-electron chi connectivity index (χ4n) is 3.10. The molecule has 1 aromatic heterocycles. The van der Waals surface area contributed by atoms with E-state index in [1.807, 2.05) is 13.8 Å². The molecule has 1 heterocycles. The van der Waals surface area contributed by atoms with Gasteiger partial charge in [-0.1, -0.05) is 13.3 Å². The molecule has 0 spiro atoms. The van der Waals surface area contributed by atoms with Gasteiger partial charge in [0.25, 0.3) is 0 Å². The van der Waals surface area contributed by atoms with Gasteiger partial charge in [0.2, 0.25) is 0 Å². The van der Waals surface area contributed by atoms with Crippen LogP contribution < -0.4 is 10.6 Å². The molecule has 0 unspecified atom stereocenters. The van der Waals surface area contributed by atoms with Crippen LogP contribution in [0.2, 0.25) is 0 Å². The quantitative estimate of drug-likeness (QED) is 0.620. The molecule has 1 saturated carbocycles. The lowest BCUT2D eigenvalue weighted by molar-refractivity contribution is 0.0601. The number of nitrogens with one attached hydrogen (secondary N) is 2. The van der Waals surface area contributed by atoms with Crippen molar-refractivity contribution in [1.29, 1.82) is 0 Å². The van der Waals surface area contributed by atoms with Crippen molar-refractivity contribution in [1.82, 2.24) is 5.32 Å². The monoisotopic (exact) mass is 354 g/mol. The summed E-state index contributed by atoms with van der Waals surface area (Å²) in [6.07, 6.45) is 6.12. The minimum atomic E-state index is -0.319. The molecule has 0 bridgehead atoms. The molecule has 2 rings (SSSR count). The zero-order valence-corrected chi connectivity index (χ0v) is 16.0. The van der Waals surface area contributed by atoms with Crippen LogP contribution in [0.1, 0.15) is 59.8 Å². The highest BCUT2D eigenvalue weighted by atomic mass is 32.1. The molecule has 1 fully saturated rings. The van der Waals surface area contributed by atoms with Crippen LogP contribution >= 0.6 is 23.6 Å². The van der Waals surface area contributed by atoms with Crippen LogP contribution in [0.3, 0.4) is 0 Å². The van der Waals surface area contributed by atoms with Gasteiger partial charge in [0.05, 0.1) is 12.7 Å². The molecule has 1 aliphatic carbocycles. The molecule has 0 atom stereocenters. The molecule has 0 aliphatic heterocycles. The Balaban J connectivity index is 1.98. The Morgan fingerprint density at radius 1 is 1.30 bits per heavy atom. The summed E-state index contributed by atoms with van der Waals surface area (Å²) in [4.78, 5) is 13.1. The first-order valence-corrected chi connectivity index (χ1v) is 9.44. The number of thiophene rings is 1. The molecule has 23 heavy (non-hydrogen) atoms. The molecule has 1 aliphatic rings. The Hall–Kier alpha value is -1.14. The van der Waals surface area contributed by atoms with Crippen LogP contribution in [0.25, 0.3) is 0 Å². The number of rotatable bonds is 4. The first kappa shape index (κ1) is 18.2. The molecular formula is C17H26N2O2S2. The molecule has 4 nitrogen and oxygen atoms in total. The summed E-state index contributed by atoms with van der Waals surface area (Å²) in [5.41, 5.74) is 1.55. The third kappa shape index (κ3) is 4.44. The predicted molar refractivity (Wildman–Crippen MR) is 101 cm³/mol. The molecule has 0 amide bonds. The standard InChI is InChI=1S/C17H26N2O2S2/c1-5-12-6-8-13(9-7-12)18-17(22)19-15-14(16(20)21-4)10(2)11(3)23-15/h12-13H,5-9H2,1-4H3,(H2,18,19,22). The number of hydrogen-bond acceptors (Lipinski definition) is 4. The van der Waals surface area contributed by atoms with Crippen LogP contribution in [0, 0.1) is 19.8 Å². The number of anilines is 1. The topological polar surface area (TPSA) is 50.4 Å². The van der Waals surface area contributed by atoms with Gasteiger partial charge in [0, 0.05) is 10.9 Å². The molecule has 128 valence electrons. The van der Waals surface area contributed by atoms with Crippen molar-refractivity contribution in [2.75, 3.05) is 12.4 Å². The maximum atomic E-state index is 12.0. The number of hydrogen-bond donors (Lipinski definition) is 2. The maximum Gasteiger partial charge on any atom is 0.341 e. The summed E-state index contributed by atoms with van der Waals surface area (Å²) in [5.74, 6) is 0.545. The summed E-state index contributed by atoms with van der Waals surface area (Å²) in [5, 5.41) is 7.96. The lowest BCUT2D eigenvalue weighted by Gasteiger charge is -2.29. The summed E-state index contributed by atoms with van der Waals surface area (Å²) in [7, 11) is 1.40. The van der Waals surface area contributed by atoms with E-state index in [2.05, 4.69) is 17.6 Å². The average molecular weight is 355 g/mol. The number of carbonyl (C=O) groups excluding carboxylic acids is 1. The zero-order chi connectivity index (χ0) is 17.0. The van der Waals surface area contributed by atoms with Gasteiger partial charge in [-0.2, -0.15) is 0 Å². The number of methoxy groups -OCH3 is 1. The summed E-state index contributed by atoms with van der Waals surface area (Å²) in [6.45, 7) is 6.20. The number of aryl methyl sites for hydroxylation is 1. The van der Waals surface area contributed by atoms with Crippen molar-refractivity contribution in [3.63, 3.8) is 0 Å². The van der Waals surface area contributed by atoms with Crippen molar-refractivity contribution in [2.24, 2.45) is 5.92 Å². The highest BCUT2D eigenvalue weighted by Gasteiger charge is 2.23. The summed E-state index contributed by atoms with van der Waals surface area (Å²) < 4.78 is 4.89. The number of thiocarbonyl (C=S) groups is 1. The van der Waals surface area contributed by atoms with Gasteiger partial charge in [-0.25, -0.2) is 4.79 Å². The molecule has 0 aromatic carbocycles. The minimum Gasteiger partial charge on any atom is -0.465 e. The first-order chi connectivity index (χ1) is 11.0. The third-order valence-corrected chi connectivity index (χ3v) is 6.10. The smallest absolute Gasteiger partial charge is 0.341 e. The van der Waals surface area contributed by atoms with Crippen molar-refractivity contribution < 1.29 is 9.53 Å². The molecule has 2 N–H and O–H groups in total. The molecule has 0 radical (unpaired) electrons. The van der Waals surface area contributed by atoms with Crippen LogP contribution in [-0.4, -0.2) is 24.2 Å². The summed E-state index contributed by atoms with van der Waals surface area (Å²) in [6, 6.07) is 0.432. The Labute approximate surface area is 148 Å². The van der Waals surface area contributed by atoms with Gasteiger partial charge in [0.15, 0.2) is 5.11 Å². The average Bonchev–Trinajstić information content (AvgIpc) is 2.81. The van der Waals surface area contributed by atoms with Crippen LogP contribution in [-0.2, 0) is 4.74 Å². The highest BCUT2D eigenvalue weighted by Crippen LogP contribution is 2.33. The maximum absolute atomic E-state index is 12.0. The van der Waals surface area contributed by atoms with Crippen molar-refractivity contribution in [3.05, 3.63) is 16.0 Å². The van der Waals surface area contributed by atoms with Gasteiger partial charge in [0.1, 0.15) is 5.00 Å². The SMILES string of the molecule is CCC1CCC(NC(=S)Nc2sc(C)c(C)c2C(=O)OC)CC1. The predicted octanol–water partition coefficient (Wildman–Crippen LogP) is 4.41. The van der Waals surface area contributed by atoms with Gasteiger partial charge in [-0.3, -0.25) is 0 Å². The second kappa shape index (κ2) is 8.11. The van der Waals surface area contributed by atoms with Crippen molar-refractivity contribution in [3.8, 4) is 0 Å². The lowest BCUT2D eigenvalue weighted by atomic mass is 9.85. The normalized spacial score (nSPS) is 20.9. The van der Waals surface area contributed by atoms with Gasteiger partial charge in [-0.15, -0.1) is 11.3 Å². The van der Waals surface area contributed by atoms with E-state index >= 15 is 0 Å². The van der Waals surface area contributed by atoms with Crippen LogP contribution in [0.15, 0.2) is 0 Å². The number of ether oxygens (including phenoxy) is 1. The second-order valence-corrected chi connectivity index (χ2v) is 7.84. The Bertz CT molecular complexity index is 575. The second-order valence-electron chi connectivity index (χ2n) is 6.20. The fourth-order valence-corrected chi connectivity index (χ4v) is 4.49. The molecular weight excluding hydrogens is 328 g/mol. The van der Waals surface area contributed by atoms with Crippen LogP contribution in [0.4, 0.5) is 5.00 Å². The Kier molecular flexibility index (Phi) is 6.41. The first-order valence-electron chi connectivity index (χ1n) is 8.22. The zero-order valence-electron chi connectivity index (χ0n) is 14.3. The number of carbonyl (C=O) groups is 1. The summed E-state index contributed by atoms with van der Waals surface area (Å²) >= 11 is 6.98.